The van der Waals surface area contributed by atoms with Gasteiger partial charge in [0, 0.05) is 24.0 Å². The summed E-state index contributed by atoms with van der Waals surface area (Å²) >= 11 is 0. The Labute approximate surface area is 114 Å². The highest BCUT2D eigenvalue weighted by Gasteiger charge is 2.13. The van der Waals surface area contributed by atoms with Crippen molar-refractivity contribution in [1.82, 2.24) is 35.1 Å². The van der Waals surface area contributed by atoms with Crippen molar-refractivity contribution in [2.75, 3.05) is 0 Å². The number of amides is 1. The fourth-order valence-corrected chi connectivity index (χ4v) is 1.94. The topological polar surface area (TPSA) is 101 Å². The Kier molecular flexibility index (Phi) is 2.90. The molecule has 3 aromatic rings. The summed E-state index contributed by atoms with van der Waals surface area (Å²) in [6.07, 6.45) is 4.62. The molecule has 0 atom stereocenters. The normalized spacial score (nSPS) is 10.9. The van der Waals surface area contributed by atoms with Crippen molar-refractivity contribution >= 4 is 11.7 Å². The van der Waals surface area contributed by atoms with Crippen LogP contribution in [-0.4, -0.2) is 35.7 Å². The molecule has 0 aliphatic carbocycles. The molecular weight excluding hydrogens is 258 g/mol. The smallest absolute Gasteiger partial charge is 0.254 e. The van der Waals surface area contributed by atoms with Crippen LogP contribution < -0.4 is 5.32 Å². The van der Waals surface area contributed by atoms with Gasteiger partial charge in [0.2, 0.25) is 0 Å². The lowest BCUT2D eigenvalue weighted by Gasteiger charge is -2.07. The second-order valence-electron chi connectivity index (χ2n) is 4.43. The fraction of sp³-hybridized carbons (Fsp3) is 0.250. The number of fused-ring (bicyclic) bond motifs is 1. The van der Waals surface area contributed by atoms with Gasteiger partial charge in [0.15, 0.2) is 0 Å². The van der Waals surface area contributed by atoms with Crippen LogP contribution in [0.1, 0.15) is 27.3 Å². The van der Waals surface area contributed by atoms with Gasteiger partial charge in [0.25, 0.3) is 11.7 Å². The zero-order valence-corrected chi connectivity index (χ0v) is 11.1. The van der Waals surface area contributed by atoms with E-state index in [1.54, 1.807) is 13.1 Å². The van der Waals surface area contributed by atoms with Crippen molar-refractivity contribution in [2.45, 2.75) is 20.4 Å². The third-order valence-corrected chi connectivity index (χ3v) is 3.16. The van der Waals surface area contributed by atoms with Crippen LogP contribution in [0.3, 0.4) is 0 Å². The summed E-state index contributed by atoms with van der Waals surface area (Å²) in [5.74, 6) is 0.276. The van der Waals surface area contributed by atoms with Gasteiger partial charge in [0.05, 0.1) is 17.5 Å². The molecule has 3 aromatic heterocycles. The van der Waals surface area contributed by atoms with Crippen molar-refractivity contribution in [1.29, 1.82) is 0 Å². The van der Waals surface area contributed by atoms with Gasteiger partial charge in [0.1, 0.15) is 6.33 Å². The van der Waals surface area contributed by atoms with E-state index in [2.05, 4.69) is 30.6 Å². The zero-order chi connectivity index (χ0) is 14.1. The highest BCUT2D eigenvalue weighted by Crippen LogP contribution is 2.08. The average molecular weight is 271 g/mol. The van der Waals surface area contributed by atoms with Gasteiger partial charge < -0.3 is 5.32 Å². The van der Waals surface area contributed by atoms with Gasteiger partial charge in [-0.2, -0.15) is 15.2 Å². The molecule has 0 bridgehead atoms. The van der Waals surface area contributed by atoms with Crippen molar-refractivity contribution in [3.63, 3.8) is 0 Å². The van der Waals surface area contributed by atoms with Gasteiger partial charge in [-0.05, 0) is 13.8 Å². The van der Waals surface area contributed by atoms with E-state index < -0.39 is 0 Å². The summed E-state index contributed by atoms with van der Waals surface area (Å²) in [6.45, 7) is 4.13. The Hall–Kier alpha value is -2.77. The lowest BCUT2D eigenvalue weighted by atomic mass is 10.2. The number of nitrogens with zero attached hydrogens (tertiary/aromatic N) is 5. The molecule has 0 aliphatic heterocycles. The Morgan fingerprint density at radius 1 is 1.35 bits per heavy atom. The minimum absolute atomic E-state index is 0.201. The fourth-order valence-electron chi connectivity index (χ4n) is 1.94. The molecule has 3 heterocycles. The number of carbonyl (C=O) groups excluding carboxylic acids is 1. The maximum atomic E-state index is 12.2. The lowest BCUT2D eigenvalue weighted by Crippen LogP contribution is -2.25. The Bertz CT molecular complexity index is 773. The first-order valence-corrected chi connectivity index (χ1v) is 6.09. The Morgan fingerprint density at radius 2 is 2.20 bits per heavy atom. The molecule has 0 saturated heterocycles. The highest BCUT2D eigenvalue weighted by molar-refractivity contribution is 5.95. The number of aryl methyl sites for hydroxylation is 2. The highest BCUT2D eigenvalue weighted by atomic mass is 16.1. The first kappa shape index (κ1) is 12.3. The number of carbonyl (C=O) groups is 1. The van der Waals surface area contributed by atoms with E-state index in [-0.39, 0.29) is 5.91 Å². The minimum atomic E-state index is -0.201. The van der Waals surface area contributed by atoms with Crippen molar-refractivity contribution in [3.05, 3.63) is 41.2 Å². The molecule has 0 saturated carbocycles. The first-order valence-electron chi connectivity index (χ1n) is 6.09. The monoisotopic (exact) mass is 271 g/mol. The standard InChI is InChI=1S/C12H13N7O/c1-7-9(4-16-18-7)3-13-11(20)10-5-14-12-15-6-17-19(12)8(10)2/h4-6H,3H2,1-2H3,(H,13,20)(H,16,18). The molecule has 1 amide bonds. The minimum Gasteiger partial charge on any atom is -0.348 e. The van der Waals surface area contributed by atoms with E-state index in [1.807, 2.05) is 6.92 Å². The summed E-state index contributed by atoms with van der Waals surface area (Å²) in [7, 11) is 0. The van der Waals surface area contributed by atoms with Crippen molar-refractivity contribution < 1.29 is 4.79 Å². The molecule has 102 valence electrons. The van der Waals surface area contributed by atoms with E-state index in [0.717, 1.165) is 11.3 Å². The summed E-state index contributed by atoms with van der Waals surface area (Å²) in [5.41, 5.74) is 3.07. The molecule has 0 fully saturated rings. The molecule has 2 N–H and O–H groups in total. The lowest BCUT2D eigenvalue weighted by molar-refractivity contribution is 0.0949. The predicted molar refractivity (Wildman–Crippen MR) is 70.0 cm³/mol. The van der Waals surface area contributed by atoms with Crippen molar-refractivity contribution in [3.8, 4) is 0 Å². The van der Waals surface area contributed by atoms with Crippen LogP contribution in [0.5, 0.6) is 0 Å². The van der Waals surface area contributed by atoms with Gasteiger partial charge in [-0.3, -0.25) is 9.89 Å². The number of aromatic nitrogens is 6. The van der Waals surface area contributed by atoms with Crippen LogP contribution in [0.15, 0.2) is 18.7 Å². The van der Waals surface area contributed by atoms with Gasteiger partial charge in [-0.15, -0.1) is 0 Å². The average Bonchev–Trinajstić information content (AvgIpc) is 3.05. The van der Waals surface area contributed by atoms with Crippen LogP contribution in [0.4, 0.5) is 0 Å². The van der Waals surface area contributed by atoms with Crippen molar-refractivity contribution in [2.24, 2.45) is 0 Å². The Morgan fingerprint density at radius 3 is 2.95 bits per heavy atom. The van der Waals surface area contributed by atoms with Crippen LogP contribution in [0.2, 0.25) is 0 Å². The first-order chi connectivity index (χ1) is 9.66. The second-order valence-corrected chi connectivity index (χ2v) is 4.43. The van der Waals surface area contributed by atoms with Crippen LogP contribution in [-0.2, 0) is 6.54 Å². The van der Waals surface area contributed by atoms with E-state index in [1.165, 1.54) is 17.0 Å². The molecule has 8 heteroatoms. The third kappa shape index (κ3) is 2.00. The van der Waals surface area contributed by atoms with E-state index in [9.17, 15) is 4.79 Å². The van der Waals surface area contributed by atoms with Crippen LogP contribution in [0.25, 0.3) is 5.78 Å². The number of hydrogen-bond acceptors (Lipinski definition) is 5. The number of H-pyrrole nitrogens is 1. The van der Waals surface area contributed by atoms with E-state index >= 15 is 0 Å². The van der Waals surface area contributed by atoms with E-state index in [0.29, 0.717) is 23.6 Å². The van der Waals surface area contributed by atoms with Crippen LogP contribution >= 0.6 is 0 Å². The van der Waals surface area contributed by atoms with Gasteiger partial charge in [-0.1, -0.05) is 0 Å². The summed E-state index contributed by atoms with van der Waals surface area (Å²) in [6, 6.07) is 0. The molecule has 8 nitrogen and oxygen atoms in total. The predicted octanol–water partition coefficient (Wildman–Crippen LogP) is 0.394. The Balaban J connectivity index is 1.82. The zero-order valence-electron chi connectivity index (χ0n) is 11.1. The van der Waals surface area contributed by atoms with E-state index in [4.69, 9.17) is 0 Å². The molecule has 3 rings (SSSR count). The molecule has 0 radical (unpaired) electrons. The number of aromatic amines is 1. The maximum absolute atomic E-state index is 12.2. The molecule has 20 heavy (non-hydrogen) atoms. The number of rotatable bonds is 3. The number of nitrogens with one attached hydrogen (secondary N) is 2. The third-order valence-electron chi connectivity index (χ3n) is 3.16. The molecule has 0 aliphatic rings. The molecule has 0 aromatic carbocycles. The van der Waals surface area contributed by atoms with Crippen LogP contribution in [0, 0.1) is 13.8 Å². The second kappa shape index (κ2) is 4.72. The number of hydrogen-bond donors (Lipinski definition) is 2. The summed E-state index contributed by atoms with van der Waals surface area (Å²) < 4.78 is 1.54. The largest absolute Gasteiger partial charge is 0.348 e. The summed E-state index contributed by atoms with van der Waals surface area (Å²) in [4.78, 5) is 20.3. The SMILES string of the molecule is Cc1[nH]ncc1CNC(=O)c1cnc2ncnn2c1C. The summed E-state index contributed by atoms with van der Waals surface area (Å²) in [5, 5.41) is 13.6. The van der Waals surface area contributed by atoms with Gasteiger partial charge >= 0.3 is 0 Å². The van der Waals surface area contributed by atoms with Gasteiger partial charge in [-0.25, -0.2) is 9.50 Å². The maximum Gasteiger partial charge on any atom is 0.254 e. The molecular formula is C12H13N7O. The molecule has 0 unspecified atom stereocenters. The molecule has 0 spiro atoms. The quantitative estimate of drug-likeness (QED) is 0.717.